The van der Waals surface area contributed by atoms with Crippen molar-refractivity contribution in [1.29, 1.82) is 0 Å². The fourth-order valence-corrected chi connectivity index (χ4v) is 1.64. The average Bonchev–Trinajstić information content (AvgIpc) is 2.97. The van der Waals surface area contributed by atoms with Crippen LogP contribution in [-0.2, 0) is 6.54 Å². The van der Waals surface area contributed by atoms with Crippen molar-refractivity contribution in [2.75, 3.05) is 6.54 Å². The second-order valence-electron chi connectivity index (χ2n) is 4.03. The number of aliphatic hydroxyl groups is 1. The summed E-state index contributed by atoms with van der Waals surface area (Å²) in [6, 6.07) is 5.70. The lowest BCUT2D eigenvalue weighted by Crippen LogP contribution is -2.32. The molecule has 2 aromatic rings. The Kier molecular flexibility index (Phi) is 3.95. The Labute approximate surface area is 100 Å². The van der Waals surface area contributed by atoms with Crippen LogP contribution in [-0.4, -0.2) is 27.5 Å². The fraction of sp³-hybridized carbons (Fsp3) is 0.417. The van der Waals surface area contributed by atoms with Crippen molar-refractivity contribution in [2.45, 2.75) is 25.6 Å². The molecule has 2 N–H and O–H groups in total. The number of nitrogens with zero attached hydrogens (tertiary/aromatic N) is 2. The van der Waals surface area contributed by atoms with Gasteiger partial charge in [0, 0.05) is 18.9 Å². The highest BCUT2D eigenvalue weighted by Crippen LogP contribution is 2.11. The zero-order chi connectivity index (χ0) is 12.1. The van der Waals surface area contributed by atoms with E-state index in [4.69, 9.17) is 4.42 Å². The van der Waals surface area contributed by atoms with Gasteiger partial charge in [-0.25, -0.2) is 0 Å². The van der Waals surface area contributed by atoms with Crippen molar-refractivity contribution in [3.63, 3.8) is 0 Å². The zero-order valence-electron chi connectivity index (χ0n) is 9.78. The summed E-state index contributed by atoms with van der Waals surface area (Å²) in [5.74, 6) is 0.872. The third kappa shape index (κ3) is 3.44. The SMILES string of the molecule is C[C@@H](NCC(O)Cn1cccn1)c1ccco1. The van der Waals surface area contributed by atoms with Crippen LogP contribution in [0, 0.1) is 0 Å². The molecule has 0 bridgehead atoms. The molecule has 2 heterocycles. The molecular weight excluding hydrogens is 218 g/mol. The number of furan rings is 1. The maximum Gasteiger partial charge on any atom is 0.120 e. The molecule has 0 spiro atoms. The van der Waals surface area contributed by atoms with Crippen molar-refractivity contribution in [3.8, 4) is 0 Å². The summed E-state index contributed by atoms with van der Waals surface area (Å²) >= 11 is 0. The number of aliphatic hydroxyl groups excluding tert-OH is 1. The summed E-state index contributed by atoms with van der Waals surface area (Å²) in [6.45, 7) is 2.99. The molecule has 0 aliphatic rings. The van der Waals surface area contributed by atoms with Crippen LogP contribution in [0.3, 0.4) is 0 Å². The first-order chi connectivity index (χ1) is 8.25. The van der Waals surface area contributed by atoms with Gasteiger partial charge in [-0.1, -0.05) is 0 Å². The normalized spacial score (nSPS) is 14.7. The van der Waals surface area contributed by atoms with E-state index >= 15 is 0 Å². The third-order valence-electron chi connectivity index (χ3n) is 2.59. The van der Waals surface area contributed by atoms with Crippen LogP contribution in [0.15, 0.2) is 41.3 Å². The van der Waals surface area contributed by atoms with Gasteiger partial charge in [0.1, 0.15) is 5.76 Å². The molecule has 1 unspecified atom stereocenters. The van der Waals surface area contributed by atoms with E-state index in [1.807, 2.05) is 31.3 Å². The van der Waals surface area contributed by atoms with E-state index in [9.17, 15) is 5.11 Å². The van der Waals surface area contributed by atoms with E-state index in [0.717, 1.165) is 5.76 Å². The molecule has 2 atom stereocenters. The summed E-state index contributed by atoms with van der Waals surface area (Å²) in [5, 5.41) is 17.1. The quantitative estimate of drug-likeness (QED) is 0.789. The smallest absolute Gasteiger partial charge is 0.120 e. The maximum atomic E-state index is 9.81. The number of aromatic nitrogens is 2. The van der Waals surface area contributed by atoms with E-state index in [2.05, 4.69) is 10.4 Å². The lowest BCUT2D eigenvalue weighted by molar-refractivity contribution is 0.142. The van der Waals surface area contributed by atoms with Crippen molar-refractivity contribution < 1.29 is 9.52 Å². The predicted octanol–water partition coefficient (Wildman–Crippen LogP) is 1.19. The maximum absolute atomic E-state index is 9.81. The van der Waals surface area contributed by atoms with Crippen molar-refractivity contribution in [1.82, 2.24) is 15.1 Å². The molecule has 0 saturated heterocycles. The van der Waals surface area contributed by atoms with Gasteiger partial charge in [-0.05, 0) is 25.1 Å². The molecule has 2 rings (SSSR count). The van der Waals surface area contributed by atoms with Crippen LogP contribution in [0.25, 0.3) is 0 Å². The highest BCUT2D eigenvalue weighted by atomic mass is 16.3. The van der Waals surface area contributed by atoms with Gasteiger partial charge >= 0.3 is 0 Å². The first-order valence-electron chi connectivity index (χ1n) is 5.68. The zero-order valence-corrected chi connectivity index (χ0v) is 9.78. The molecule has 0 aliphatic carbocycles. The summed E-state index contributed by atoms with van der Waals surface area (Å²) < 4.78 is 6.98. The molecule has 0 aromatic carbocycles. The lowest BCUT2D eigenvalue weighted by Gasteiger charge is -2.15. The van der Waals surface area contributed by atoms with E-state index in [0.29, 0.717) is 13.1 Å². The molecule has 5 nitrogen and oxygen atoms in total. The third-order valence-corrected chi connectivity index (χ3v) is 2.59. The minimum absolute atomic E-state index is 0.0947. The Hall–Kier alpha value is -1.59. The predicted molar refractivity (Wildman–Crippen MR) is 63.4 cm³/mol. The van der Waals surface area contributed by atoms with Gasteiger partial charge in [-0.2, -0.15) is 5.10 Å². The van der Waals surface area contributed by atoms with Gasteiger partial charge in [0.15, 0.2) is 0 Å². The number of hydrogen-bond acceptors (Lipinski definition) is 4. The van der Waals surface area contributed by atoms with Gasteiger partial charge in [0.25, 0.3) is 0 Å². The number of nitrogens with one attached hydrogen (secondary N) is 1. The number of rotatable bonds is 6. The molecule has 0 saturated carbocycles. The second-order valence-corrected chi connectivity index (χ2v) is 4.03. The molecule has 2 aromatic heterocycles. The molecule has 5 heteroatoms. The molecule has 0 aliphatic heterocycles. The monoisotopic (exact) mass is 235 g/mol. The Bertz CT molecular complexity index is 411. The molecule has 92 valence electrons. The Morgan fingerprint density at radius 2 is 2.41 bits per heavy atom. The Morgan fingerprint density at radius 1 is 1.53 bits per heavy atom. The highest BCUT2D eigenvalue weighted by molar-refractivity contribution is 5.02. The van der Waals surface area contributed by atoms with Crippen LogP contribution in [0.1, 0.15) is 18.7 Å². The van der Waals surface area contributed by atoms with Crippen LogP contribution in [0.2, 0.25) is 0 Å². The van der Waals surface area contributed by atoms with Crippen LogP contribution >= 0.6 is 0 Å². The molecular formula is C12H17N3O2. The van der Waals surface area contributed by atoms with Gasteiger partial charge in [-0.3, -0.25) is 4.68 Å². The lowest BCUT2D eigenvalue weighted by atomic mass is 10.2. The standard InChI is InChI=1S/C12H17N3O2/c1-10(12-4-2-7-17-12)13-8-11(16)9-15-6-3-5-14-15/h2-7,10-11,13,16H,8-9H2,1H3/t10-,11?/m1/s1. The minimum atomic E-state index is -0.465. The van der Waals surface area contributed by atoms with Crippen molar-refractivity contribution in [3.05, 3.63) is 42.6 Å². The largest absolute Gasteiger partial charge is 0.468 e. The highest BCUT2D eigenvalue weighted by Gasteiger charge is 2.10. The Balaban J connectivity index is 1.74. The van der Waals surface area contributed by atoms with Gasteiger partial charge in [0.05, 0.1) is 25.0 Å². The molecule has 17 heavy (non-hydrogen) atoms. The van der Waals surface area contributed by atoms with E-state index in [1.54, 1.807) is 17.1 Å². The average molecular weight is 235 g/mol. The van der Waals surface area contributed by atoms with Crippen LogP contribution in [0.4, 0.5) is 0 Å². The van der Waals surface area contributed by atoms with Gasteiger partial charge < -0.3 is 14.8 Å². The van der Waals surface area contributed by atoms with E-state index in [1.165, 1.54) is 0 Å². The van der Waals surface area contributed by atoms with Gasteiger partial charge in [0.2, 0.25) is 0 Å². The van der Waals surface area contributed by atoms with Crippen molar-refractivity contribution >= 4 is 0 Å². The Morgan fingerprint density at radius 3 is 3.06 bits per heavy atom. The molecule has 0 radical (unpaired) electrons. The summed E-state index contributed by atoms with van der Waals surface area (Å²) in [7, 11) is 0. The second kappa shape index (κ2) is 5.65. The molecule has 0 fully saturated rings. The van der Waals surface area contributed by atoms with Crippen LogP contribution in [0.5, 0.6) is 0 Å². The summed E-state index contributed by atoms with van der Waals surface area (Å²) in [5.41, 5.74) is 0. The summed E-state index contributed by atoms with van der Waals surface area (Å²) in [4.78, 5) is 0. The van der Waals surface area contributed by atoms with Crippen LogP contribution < -0.4 is 5.32 Å². The fourth-order valence-electron chi connectivity index (χ4n) is 1.64. The minimum Gasteiger partial charge on any atom is -0.468 e. The van der Waals surface area contributed by atoms with Gasteiger partial charge in [-0.15, -0.1) is 0 Å². The molecule has 0 amide bonds. The van der Waals surface area contributed by atoms with E-state index in [-0.39, 0.29) is 6.04 Å². The summed E-state index contributed by atoms with van der Waals surface area (Å²) in [6.07, 6.45) is 4.71. The number of hydrogen-bond donors (Lipinski definition) is 2. The first kappa shape index (κ1) is 11.9. The first-order valence-corrected chi connectivity index (χ1v) is 5.68. The van der Waals surface area contributed by atoms with E-state index < -0.39 is 6.10 Å². The topological polar surface area (TPSA) is 63.2 Å². The van der Waals surface area contributed by atoms with Crippen molar-refractivity contribution in [2.24, 2.45) is 0 Å².